The molecule has 110 valence electrons. The number of amides is 1. The maximum atomic E-state index is 12.0. The van der Waals surface area contributed by atoms with Crippen molar-refractivity contribution < 1.29 is 4.79 Å². The van der Waals surface area contributed by atoms with Crippen molar-refractivity contribution in [2.24, 2.45) is 0 Å². The maximum absolute atomic E-state index is 12.0. The van der Waals surface area contributed by atoms with Crippen LogP contribution < -0.4 is 5.32 Å². The van der Waals surface area contributed by atoms with E-state index >= 15 is 0 Å². The summed E-state index contributed by atoms with van der Waals surface area (Å²) >= 11 is 12.3. The number of nitrogens with one attached hydrogen (secondary N) is 1. The minimum atomic E-state index is -0.0625. The predicted molar refractivity (Wildman–Crippen MR) is 88.2 cm³/mol. The fourth-order valence-corrected chi connectivity index (χ4v) is 2.27. The molecule has 0 unspecified atom stereocenters. The lowest BCUT2D eigenvalue weighted by molar-refractivity contribution is 0.0827. The van der Waals surface area contributed by atoms with Crippen molar-refractivity contribution in [1.82, 2.24) is 4.90 Å². The van der Waals surface area contributed by atoms with Crippen molar-refractivity contribution in [3.63, 3.8) is 0 Å². The van der Waals surface area contributed by atoms with Crippen molar-refractivity contribution in [2.75, 3.05) is 19.4 Å². The highest BCUT2D eigenvalue weighted by Gasteiger charge is 2.10. The van der Waals surface area contributed by atoms with Gasteiger partial charge in [0.05, 0.1) is 10.7 Å². The Hall–Kier alpha value is -1.71. The van der Waals surface area contributed by atoms with Gasteiger partial charge in [-0.25, -0.2) is 0 Å². The molecule has 0 aliphatic rings. The first kappa shape index (κ1) is 15.7. The van der Waals surface area contributed by atoms with E-state index in [9.17, 15) is 4.79 Å². The lowest BCUT2D eigenvalue weighted by atomic mass is 10.1. The second-order valence-corrected chi connectivity index (χ2v) is 5.65. The number of carbonyl (C=O) groups excluding carboxylic acids is 1. The molecule has 0 heterocycles. The summed E-state index contributed by atoms with van der Waals surface area (Å²) in [5.41, 5.74) is 2.27. The summed E-state index contributed by atoms with van der Waals surface area (Å²) in [5.74, 6) is -0.0625. The van der Waals surface area contributed by atoms with Crippen LogP contribution in [0.25, 0.3) is 0 Å². The second-order valence-electron chi connectivity index (χ2n) is 4.84. The van der Waals surface area contributed by atoms with Crippen LogP contribution in [-0.2, 0) is 6.54 Å². The Morgan fingerprint density at radius 3 is 2.48 bits per heavy atom. The number of halogens is 2. The SMILES string of the molecule is CN(C)C(=O)c1ccc(Cl)c(NCc2ccccc2Cl)c1. The van der Waals surface area contributed by atoms with Crippen molar-refractivity contribution >= 4 is 34.8 Å². The third-order valence-corrected chi connectivity index (χ3v) is 3.74. The Morgan fingerprint density at radius 1 is 1.10 bits per heavy atom. The van der Waals surface area contributed by atoms with Gasteiger partial charge < -0.3 is 10.2 Å². The third kappa shape index (κ3) is 3.90. The van der Waals surface area contributed by atoms with Crippen LogP contribution in [0, 0.1) is 0 Å². The highest BCUT2D eigenvalue weighted by atomic mass is 35.5. The highest BCUT2D eigenvalue weighted by Crippen LogP contribution is 2.25. The smallest absolute Gasteiger partial charge is 0.253 e. The van der Waals surface area contributed by atoms with Crippen LogP contribution in [0.2, 0.25) is 10.0 Å². The lowest BCUT2D eigenvalue weighted by Gasteiger charge is -2.14. The van der Waals surface area contributed by atoms with Gasteiger partial charge >= 0.3 is 0 Å². The number of hydrogen-bond donors (Lipinski definition) is 1. The van der Waals surface area contributed by atoms with Gasteiger partial charge in [0.15, 0.2) is 0 Å². The molecule has 5 heteroatoms. The maximum Gasteiger partial charge on any atom is 0.253 e. The zero-order chi connectivity index (χ0) is 15.4. The summed E-state index contributed by atoms with van der Waals surface area (Å²) in [6.45, 7) is 0.541. The van der Waals surface area contributed by atoms with Gasteiger partial charge in [-0.15, -0.1) is 0 Å². The Bertz CT molecular complexity index is 656. The van der Waals surface area contributed by atoms with Crippen LogP contribution in [0.5, 0.6) is 0 Å². The molecule has 0 fully saturated rings. The van der Waals surface area contributed by atoms with Crippen molar-refractivity contribution in [2.45, 2.75) is 6.54 Å². The van der Waals surface area contributed by atoms with Crippen LogP contribution >= 0.6 is 23.2 Å². The van der Waals surface area contributed by atoms with E-state index in [4.69, 9.17) is 23.2 Å². The second kappa shape index (κ2) is 6.83. The largest absolute Gasteiger partial charge is 0.380 e. The molecule has 0 atom stereocenters. The van der Waals surface area contributed by atoms with Crippen LogP contribution in [0.4, 0.5) is 5.69 Å². The fourth-order valence-electron chi connectivity index (χ4n) is 1.88. The number of carbonyl (C=O) groups is 1. The summed E-state index contributed by atoms with van der Waals surface area (Å²) in [7, 11) is 3.43. The zero-order valence-electron chi connectivity index (χ0n) is 11.9. The summed E-state index contributed by atoms with van der Waals surface area (Å²) in [4.78, 5) is 13.5. The van der Waals surface area contributed by atoms with Crippen LogP contribution in [-0.4, -0.2) is 24.9 Å². The molecule has 0 saturated carbocycles. The molecule has 2 rings (SSSR count). The Labute approximate surface area is 134 Å². The molecule has 1 amide bonds. The van der Waals surface area contributed by atoms with Gasteiger partial charge in [-0.2, -0.15) is 0 Å². The molecule has 21 heavy (non-hydrogen) atoms. The van der Waals surface area contributed by atoms with E-state index in [1.165, 1.54) is 4.90 Å². The quantitative estimate of drug-likeness (QED) is 0.909. The first-order valence-corrected chi connectivity index (χ1v) is 7.23. The predicted octanol–water partition coefficient (Wildman–Crippen LogP) is 4.31. The van der Waals surface area contributed by atoms with Crippen LogP contribution in [0.1, 0.15) is 15.9 Å². The van der Waals surface area contributed by atoms with Gasteiger partial charge in [0.25, 0.3) is 5.91 Å². The van der Waals surface area contributed by atoms with Crippen molar-refractivity contribution in [1.29, 1.82) is 0 Å². The van der Waals surface area contributed by atoms with Gasteiger partial charge in [0.2, 0.25) is 0 Å². The molecule has 0 aromatic heterocycles. The highest BCUT2D eigenvalue weighted by molar-refractivity contribution is 6.33. The fraction of sp³-hybridized carbons (Fsp3) is 0.188. The van der Waals surface area contributed by atoms with E-state index in [2.05, 4.69) is 5.32 Å². The lowest BCUT2D eigenvalue weighted by Crippen LogP contribution is -2.21. The molecule has 0 radical (unpaired) electrons. The molecule has 0 saturated heterocycles. The number of nitrogens with zero attached hydrogens (tertiary/aromatic N) is 1. The first-order valence-electron chi connectivity index (χ1n) is 6.47. The monoisotopic (exact) mass is 322 g/mol. The van der Waals surface area contributed by atoms with E-state index in [1.54, 1.807) is 32.3 Å². The Morgan fingerprint density at radius 2 is 1.81 bits per heavy atom. The van der Waals surface area contributed by atoms with Gasteiger partial charge in [-0.1, -0.05) is 41.4 Å². The number of benzene rings is 2. The third-order valence-electron chi connectivity index (χ3n) is 3.05. The Kier molecular flexibility index (Phi) is 5.10. The molecular weight excluding hydrogens is 307 g/mol. The zero-order valence-corrected chi connectivity index (χ0v) is 13.4. The van der Waals surface area contributed by atoms with Gasteiger partial charge in [-0.3, -0.25) is 4.79 Å². The molecule has 2 aromatic rings. The van der Waals surface area contributed by atoms with Crippen LogP contribution in [0.15, 0.2) is 42.5 Å². The number of hydrogen-bond acceptors (Lipinski definition) is 2. The molecule has 1 N–H and O–H groups in total. The van der Waals surface area contributed by atoms with E-state index in [0.717, 1.165) is 5.56 Å². The number of rotatable bonds is 4. The molecule has 2 aromatic carbocycles. The minimum Gasteiger partial charge on any atom is -0.380 e. The molecule has 3 nitrogen and oxygen atoms in total. The van der Waals surface area contributed by atoms with E-state index in [0.29, 0.717) is 27.8 Å². The number of anilines is 1. The summed E-state index contributed by atoms with van der Waals surface area (Å²) in [6, 6.07) is 12.8. The summed E-state index contributed by atoms with van der Waals surface area (Å²) in [5, 5.41) is 4.48. The molecule has 0 aliphatic carbocycles. The van der Waals surface area contributed by atoms with Gasteiger partial charge in [0.1, 0.15) is 0 Å². The van der Waals surface area contributed by atoms with E-state index in [1.807, 2.05) is 24.3 Å². The Balaban J connectivity index is 2.18. The van der Waals surface area contributed by atoms with Gasteiger partial charge in [-0.05, 0) is 29.8 Å². The molecular formula is C16H16Cl2N2O. The minimum absolute atomic E-state index is 0.0625. The van der Waals surface area contributed by atoms with Crippen molar-refractivity contribution in [3.05, 3.63) is 63.6 Å². The van der Waals surface area contributed by atoms with Gasteiger partial charge in [0, 0.05) is 31.2 Å². The molecule has 0 spiro atoms. The average Bonchev–Trinajstić information content (AvgIpc) is 2.47. The summed E-state index contributed by atoms with van der Waals surface area (Å²) < 4.78 is 0. The standard InChI is InChI=1S/C16H16Cl2N2O/c1-20(2)16(21)11-7-8-14(18)15(9-11)19-10-12-5-3-4-6-13(12)17/h3-9,19H,10H2,1-2H3. The molecule has 0 bridgehead atoms. The normalized spacial score (nSPS) is 10.3. The topological polar surface area (TPSA) is 32.3 Å². The van der Waals surface area contributed by atoms with E-state index in [-0.39, 0.29) is 5.91 Å². The molecule has 0 aliphatic heterocycles. The summed E-state index contributed by atoms with van der Waals surface area (Å²) in [6.07, 6.45) is 0. The van der Waals surface area contributed by atoms with Crippen molar-refractivity contribution in [3.8, 4) is 0 Å². The average molecular weight is 323 g/mol. The van der Waals surface area contributed by atoms with E-state index < -0.39 is 0 Å². The van der Waals surface area contributed by atoms with Crippen LogP contribution in [0.3, 0.4) is 0 Å². The first-order chi connectivity index (χ1) is 9.99.